The van der Waals surface area contributed by atoms with Crippen LogP contribution in [0.5, 0.6) is 0 Å². The van der Waals surface area contributed by atoms with Crippen molar-refractivity contribution in [2.24, 2.45) is 0 Å². The predicted molar refractivity (Wildman–Crippen MR) is 65.8 cm³/mol. The largest absolute Gasteiger partial charge is 0.353 e. The summed E-state index contributed by atoms with van der Waals surface area (Å²) >= 11 is 1.85. The van der Waals surface area contributed by atoms with E-state index >= 15 is 0 Å². The fourth-order valence-corrected chi connectivity index (χ4v) is 3.05. The number of rotatable bonds is 2. The Kier molecular flexibility index (Phi) is 3.10. The summed E-state index contributed by atoms with van der Waals surface area (Å²) in [4.78, 5) is 4.99. The number of likely N-dealkylation sites (tertiary alicyclic amines) is 1. The first-order valence-corrected chi connectivity index (χ1v) is 6.40. The topological polar surface area (TPSA) is 27.1 Å². The highest BCUT2D eigenvalue weighted by molar-refractivity contribution is 7.12. The fraction of sp³-hybridized carbons (Fsp3) is 0.583. The van der Waals surface area contributed by atoms with Crippen molar-refractivity contribution in [2.75, 3.05) is 6.54 Å². The number of hydrogen-bond donors (Lipinski definition) is 1. The van der Waals surface area contributed by atoms with Gasteiger partial charge in [-0.05, 0) is 38.8 Å². The molecule has 1 aromatic heterocycles. The normalized spacial score (nSPS) is 19.3. The van der Waals surface area contributed by atoms with Crippen LogP contribution in [0.15, 0.2) is 12.1 Å². The molecule has 1 unspecified atom stereocenters. The van der Waals surface area contributed by atoms with Gasteiger partial charge in [0.25, 0.3) is 0 Å². The molecule has 1 aromatic rings. The molecule has 2 rings (SSSR count). The lowest BCUT2D eigenvalue weighted by atomic mass is 10.1. The molecule has 1 N–H and O–H groups in total. The molecule has 1 atom stereocenters. The van der Waals surface area contributed by atoms with Crippen molar-refractivity contribution in [1.82, 2.24) is 4.90 Å². The van der Waals surface area contributed by atoms with E-state index in [0.29, 0.717) is 6.04 Å². The van der Waals surface area contributed by atoms with E-state index in [1.807, 2.05) is 11.3 Å². The van der Waals surface area contributed by atoms with Gasteiger partial charge in [-0.15, -0.1) is 11.3 Å². The summed E-state index contributed by atoms with van der Waals surface area (Å²) in [7, 11) is 0. The first-order chi connectivity index (χ1) is 7.18. The number of aryl methyl sites for hydroxylation is 1. The summed E-state index contributed by atoms with van der Waals surface area (Å²) in [6.07, 6.45) is 3.37. The van der Waals surface area contributed by atoms with E-state index in [2.05, 4.69) is 30.9 Å². The average Bonchev–Trinajstić information content (AvgIpc) is 2.65. The van der Waals surface area contributed by atoms with Gasteiger partial charge in [-0.2, -0.15) is 0 Å². The highest BCUT2D eigenvalue weighted by Gasteiger charge is 2.22. The second-order valence-corrected chi connectivity index (χ2v) is 5.54. The number of thiophene rings is 1. The van der Waals surface area contributed by atoms with Crippen molar-refractivity contribution >= 4 is 17.2 Å². The highest BCUT2D eigenvalue weighted by Crippen LogP contribution is 2.29. The summed E-state index contributed by atoms with van der Waals surface area (Å²) < 4.78 is 0. The van der Waals surface area contributed by atoms with Crippen LogP contribution in [0.3, 0.4) is 0 Å². The van der Waals surface area contributed by atoms with E-state index in [-0.39, 0.29) is 0 Å². The van der Waals surface area contributed by atoms with Gasteiger partial charge in [0.2, 0.25) is 0 Å². The molecule has 1 aliphatic heterocycles. The third-order valence-electron chi connectivity index (χ3n) is 3.05. The molecule has 1 saturated heterocycles. The maximum atomic E-state index is 7.96. The molecule has 82 valence electrons. The Morgan fingerprint density at radius 1 is 1.40 bits per heavy atom. The maximum absolute atomic E-state index is 7.96. The summed E-state index contributed by atoms with van der Waals surface area (Å²) in [6.45, 7) is 5.41. The second-order valence-electron chi connectivity index (χ2n) is 4.22. The lowest BCUT2D eigenvalue weighted by molar-refractivity contribution is 0.303. The van der Waals surface area contributed by atoms with Crippen LogP contribution in [0.2, 0.25) is 0 Å². The minimum absolute atomic E-state index is 0.386. The Morgan fingerprint density at radius 2 is 2.20 bits per heavy atom. The molecule has 2 nitrogen and oxygen atoms in total. The average molecular weight is 222 g/mol. The van der Waals surface area contributed by atoms with Gasteiger partial charge in [-0.3, -0.25) is 5.41 Å². The van der Waals surface area contributed by atoms with Crippen molar-refractivity contribution in [1.29, 1.82) is 5.41 Å². The first-order valence-electron chi connectivity index (χ1n) is 5.59. The summed E-state index contributed by atoms with van der Waals surface area (Å²) in [5, 5.41) is 7.96. The van der Waals surface area contributed by atoms with Crippen molar-refractivity contribution in [2.45, 2.75) is 39.2 Å². The van der Waals surface area contributed by atoms with Gasteiger partial charge in [-0.25, -0.2) is 0 Å². The molecule has 0 aromatic carbocycles. The van der Waals surface area contributed by atoms with Crippen LogP contribution in [-0.4, -0.2) is 17.3 Å². The van der Waals surface area contributed by atoms with Gasteiger partial charge in [0, 0.05) is 22.7 Å². The van der Waals surface area contributed by atoms with Crippen LogP contribution >= 0.6 is 11.3 Å². The zero-order valence-corrected chi connectivity index (χ0v) is 10.2. The number of nitrogens with zero attached hydrogens (tertiary/aromatic N) is 1. The van der Waals surface area contributed by atoms with Crippen molar-refractivity contribution in [3.63, 3.8) is 0 Å². The van der Waals surface area contributed by atoms with Gasteiger partial charge in [0.15, 0.2) is 0 Å². The molecule has 0 saturated carbocycles. The second kappa shape index (κ2) is 4.35. The molecule has 2 heterocycles. The van der Waals surface area contributed by atoms with Gasteiger partial charge < -0.3 is 4.90 Å². The first kappa shape index (κ1) is 10.7. The van der Waals surface area contributed by atoms with Gasteiger partial charge in [-0.1, -0.05) is 0 Å². The van der Waals surface area contributed by atoms with Crippen LogP contribution < -0.4 is 0 Å². The lowest BCUT2D eigenvalue weighted by Gasteiger charge is -2.34. The number of hydrogen-bond acceptors (Lipinski definition) is 2. The molecule has 0 amide bonds. The third-order valence-corrected chi connectivity index (χ3v) is 4.22. The van der Waals surface area contributed by atoms with Crippen LogP contribution in [-0.2, 0) is 0 Å². The zero-order chi connectivity index (χ0) is 10.8. The standard InChI is InChI=1S/C12H18N2S/c1-9-6-7-11(15-9)10(2)14-8-4-3-5-12(14)13/h6-7,10,13H,3-5,8H2,1-2H3. The van der Waals surface area contributed by atoms with Crippen molar-refractivity contribution < 1.29 is 0 Å². The van der Waals surface area contributed by atoms with Crippen LogP contribution in [0.25, 0.3) is 0 Å². The third kappa shape index (κ3) is 2.23. The minimum atomic E-state index is 0.386. The molecule has 3 heteroatoms. The Labute approximate surface area is 95.4 Å². The Bertz CT molecular complexity index is 356. The Morgan fingerprint density at radius 3 is 2.80 bits per heavy atom. The summed E-state index contributed by atoms with van der Waals surface area (Å²) in [6, 6.07) is 4.76. The number of piperidine rings is 1. The SMILES string of the molecule is Cc1ccc(C(C)N2CCCCC2=N)s1. The predicted octanol–water partition coefficient (Wildman–Crippen LogP) is 3.58. The molecule has 0 radical (unpaired) electrons. The monoisotopic (exact) mass is 222 g/mol. The molecule has 0 aliphatic carbocycles. The molecular formula is C12H18N2S. The van der Waals surface area contributed by atoms with Crippen molar-refractivity contribution in [3.05, 3.63) is 21.9 Å². The van der Waals surface area contributed by atoms with Gasteiger partial charge >= 0.3 is 0 Å². The smallest absolute Gasteiger partial charge is 0.0962 e. The Balaban J connectivity index is 2.12. The Hall–Kier alpha value is -0.830. The van der Waals surface area contributed by atoms with Gasteiger partial charge in [0.05, 0.1) is 11.9 Å². The van der Waals surface area contributed by atoms with Crippen molar-refractivity contribution in [3.8, 4) is 0 Å². The molecule has 15 heavy (non-hydrogen) atoms. The molecule has 0 bridgehead atoms. The van der Waals surface area contributed by atoms with E-state index in [0.717, 1.165) is 18.8 Å². The molecule has 0 spiro atoms. The quantitative estimate of drug-likeness (QED) is 0.813. The van der Waals surface area contributed by atoms with E-state index in [9.17, 15) is 0 Å². The fourth-order valence-electron chi connectivity index (χ4n) is 2.11. The summed E-state index contributed by atoms with van der Waals surface area (Å²) in [5.74, 6) is 0.819. The zero-order valence-electron chi connectivity index (χ0n) is 9.42. The van der Waals surface area contributed by atoms with Crippen LogP contribution in [0.1, 0.15) is 42.0 Å². The van der Waals surface area contributed by atoms with E-state index in [1.165, 1.54) is 22.6 Å². The molecular weight excluding hydrogens is 204 g/mol. The molecule has 1 aliphatic rings. The van der Waals surface area contributed by atoms with E-state index in [4.69, 9.17) is 5.41 Å². The minimum Gasteiger partial charge on any atom is -0.353 e. The van der Waals surface area contributed by atoms with Crippen LogP contribution in [0, 0.1) is 12.3 Å². The number of amidine groups is 1. The highest BCUT2D eigenvalue weighted by atomic mass is 32.1. The maximum Gasteiger partial charge on any atom is 0.0962 e. The van der Waals surface area contributed by atoms with Gasteiger partial charge in [0.1, 0.15) is 0 Å². The van der Waals surface area contributed by atoms with Crippen LogP contribution in [0.4, 0.5) is 0 Å². The summed E-state index contributed by atoms with van der Waals surface area (Å²) in [5.41, 5.74) is 0. The van der Waals surface area contributed by atoms with E-state index in [1.54, 1.807) is 0 Å². The molecule has 1 fully saturated rings. The van der Waals surface area contributed by atoms with E-state index < -0.39 is 0 Å². The number of nitrogens with one attached hydrogen (secondary N) is 1. The lowest BCUT2D eigenvalue weighted by Crippen LogP contribution is -2.36.